The molecule has 0 radical (unpaired) electrons. The van der Waals surface area contributed by atoms with E-state index < -0.39 is 6.04 Å². The van der Waals surface area contributed by atoms with E-state index in [0.717, 1.165) is 16.9 Å². The molecular weight excluding hydrogens is 550 g/mol. The fourth-order valence-electron chi connectivity index (χ4n) is 4.67. The first kappa shape index (κ1) is 29.1. The third kappa shape index (κ3) is 6.71. The zero-order valence-corrected chi connectivity index (χ0v) is 24.6. The Labute approximate surface area is 249 Å². The number of para-hydroxylation sites is 1. The summed E-state index contributed by atoms with van der Waals surface area (Å²) in [7, 11) is 1.60. The van der Waals surface area contributed by atoms with Crippen molar-refractivity contribution < 1.29 is 19.1 Å². The smallest absolute Gasteiger partial charge is 0.259 e. The van der Waals surface area contributed by atoms with E-state index in [0.29, 0.717) is 34.8 Å². The SMILES string of the molecule is COc1ccc(CNC(=O)CC[C@@H]2N=C3c4ccccc4N=C(SCC(=O)Nc4ccc(C(C)C)cc4)N3C2=O)cc1. The lowest BCUT2D eigenvalue weighted by Crippen LogP contribution is -2.41. The van der Waals surface area contributed by atoms with Crippen LogP contribution >= 0.6 is 11.8 Å². The molecule has 3 aromatic carbocycles. The highest BCUT2D eigenvalue weighted by Gasteiger charge is 2.41. The van der Waals surface area contributed by atoms with Gasteiger partial charge in [0.25, 0.3) is 5.91 Å². The summed E-state index contributed by atoms with van der Waals surface area (Å²) in [5.74, 6) is 1.12. The number of ether oxygens (including phenoxy) is 1. The Morgan fingerprint density at radius 2 is 1.74 bits per heavy atom. The second-order valence-electron chi connectivity index (χ2n) is 10.3. The summed E-state index contributed by atoms with van der Waals surface area (Å²) >= 11 is 1.19. The number of hydrogen-bond donors (Lipinski definition) is 2. The van der Waals surface area contributed by atoms with Crippen molar-refractivity contribution in [2.75, 3.05) is 18.2 Å². The maximum atomic E-state index is 13.5. The molecule has 216 valence electrons. The topological polar surface area (TPSA) is 112 Å². The molecule has 3 amide bonds. The number of thioether (sulfide) groups is 1. The van der Waals surface area contributed by atoms with E-state index in [4.69, 9.17) is 9.73 Å². The molecule has 1 atom stereocenters. The minimum Gasteiger partial charge on any atom is -0.497 e. The van der Waals surface area contributed by atoms with Crippen LogP contribution in [-0.2, 0) is 20.9 Å². The van der Waals surface area contributed by atoms with Crippen LogP contribution in [0.1, 0.15) is 49.3 Å². The normalized spacial score (nSPS) is 15.5. The van der Waals surface area contributed by atoms with Crippen molar-refractivity contribution in [3.8, 4) is 5.75 Å². The highest BCUT2D eigenvalue weighted by molar-refractivity contribution is 8.14. The van der Waals surface area contributed by atoms with E-state index in [9.17, 15) is 14.4 Å². The first-order valence-electron chi connectivity index (χ1n) is 13.8. The van der Waals surface area contributed by atoms with Gasteiger partial charge in [0.1, 0.15) is 17.6 Å². The number of amidine groups is 2. The number of fused-ring (bicyclic) bond motifs is 3. The maximum absolute atomic E-state index is 13.5. The second-order valence-corrected chi connectivity index (χ2v) is 11.3. The predicted octanol–water partition coefficient (Wildman–Crippen LogP) is 5.25. The van der Waals surface area contributed by atoms with Crippen molar-refractivity contribution in [1.29, 1.82) is 0 Å². The van der Waals surface area contributed by atoms with Crippen LogP contribution in [0.25, 0.3) is 0 Å². The largest absolute Gasteiger partial charge is 0.497 e. The Hall–Kier alpha value is -4.44. The van der Waals surface area contributed by atoms with E-state index in [1.54, 1.807) is 7.11 Å². The second kappa shape index (κ2) is 13.0. The number of anilines is 1. The van der Waals surface area contributed by atoms with Crippen molar-refractivity contribution in [3.63, 3.8) is 0 Å². The third-order valence-electron chi connectivity index (χ3n) is 7.03. The van der Waals surface area contributed by atoms with Crippen molar-refractivity contribution in [3.05, 3.63) is 89.5 Å². The highest BCUT2D eigenvalue weighted by atomic mass is 32.2. The first-order chi connectivity index (χ1) is 20.3. The summed E-state index contributed by atoms with van der Waals surface area (Å²) < 4.78 is 5.17. The zero-order chi connectivity index (χ0) is 29.6. The summed E-state index contributed by atoms with van der Waals surface area (Å²) in [4.78, 5) is 49.7. The molecule has 3 aromatic rings. The molecule has 2 aliphatic heterocycles. The molecule has 10 heteroatoms. The van der Waals surface area contributed by atoms with E-state index in [1.807, 2.05) is 72.8 Å². The quantitative estimate of drug-likeness (QED) is 0.339. The lowest BCUT2D eigenvalue weighted by molar-refractivity contribution is -0.125. The van der Waals surface area contributed by atoms with Crippen LogP contribution in [0.2, 0.25) is 0 Å². The molecule has 9 nitrogen and oxygen atoms in total. The Kier molecular flexibility index (Phi) is 9.02. The standard InChI is InChI=1S/C32H33N5O4S/c1-20(2)22-10-12-23(13-11-22)34-29(39)19-42-32-36-26-7-5-4-6-25(26)30-35-27(31(40)37(30)32)16-17-28(38)33-18-21-8-14-24(41-3)15-9-21/h4-15,20,27H,16-19H2,1-3H3,(H,33,38)(H,34,39)/t27-/m0/s1. The minimum absolute atomic E-state index is 0.0719. The molecule has 2 heterocycles. The Balaban J connectivity index is 1.21. The predicted molar refractivity (Wildman–Crippen MR) is 166 cm³/mol. The molecule has 5 rings (SSSR count). The average Bonchev–Trinajstić information content (AvgIpc) is 3.34. The summed E-state index contributed by atoms with van der Waals surface area (Å²) in [6.07, 6.45) is 0.413. The molecule has 42 heavy (non-hydrogen) atoms. The molecule has 0 aliphatic carbocycles. The van der Waals surface area contributed by atoms with Crippen LogP contribution in [0.15, 0.2) is 82.8 Å². The fourth-order valence-corrected chi connectivity index (χ4v) is 5.47. The number of carbonyl (C=O) groups is 3. The van der Waals surface area contributed by atoms with Gasteiger partial charge in [-0.2, -0.15) is 0 Å². The molecule has 0 aromatic heterocycles. The van der Waals surface area contributed by atoms with Gasteiger partial charge in [-0.15, -0.1) is 0 Å². The Bertz CT molecular complexity index is 1530. The monoisotopic (exact) mass is 583 g/mol. The molecule has 2 N–H and O–H groups in total. The van der Waals surface area contributed by atoms with Gasteiger partial charge in [-0.05, 0) is 59.9 Å². The summed E-state index contributed by atoms with van der Waals surface area (Å²) in [5, 5.41) is 6.21. The van der Waals surface area contributed by atoms with Gasteiger partial charge < -0.3 is 15.4 Å². The molecule has 0 saturated heterocycles. The van der Waals surface area contributed by atoms with E-state index in [2.05, 4.69) is 29.5 Å². The minimum atomic E-state index is -0.711. The number of nitrogens with zero attached hydrogens (tertiary/aromatic N) is 3. The van der Waals surface area contributed by atoms with Crippen LogP contribution in [-0.4, -0.2) is 52.5 Å². The van der Waals surface area contributed by atoms with Gasteiger partial charge in [0.05, 0.1) is 18.6 Å². The van der Waals surface area contributed by atoms with Gasteiger partial charge in [-0.3, -0.25) is 19.4 Å². The van der Waals surface area contributed by atoms with Crippen molar-refractivity contribution in [2.45, 2.75) is 45.2 Å². The first-order valence-corrected chi connectivity index (χ1v) is 14.8. The number of methoxy groups -OCH3 is 1. The summed E-state index contributed by atoms with van der Waals surface area (Å²) in [5.41, 5.74) is 4.29. The van der Waals surface area contributed by atoms with Gasteiger partial charge in [0.2, 0.25) is 11.8 Å². The van der Waals surface area contributed by atoms with E-state index in [1.165, 1.54) is 22.2 Å². The van der Waals surface area contributed by atoms with Crippen LogP contribution in [0.5, 0.6) is 5.75 Å². The van der Waals surface area contributed by atoms with Crippen LogP contribution in [0.3, 0.4) is 0 Å². The fraction of sp³-hybridized carbons (Fsp3) is 0.281. The average molecular weight is 584 g/mol. The van der Waals surface area contributed by atoms with Crippen molar-refractivity contribution in [2.24, 2.45) is 9.98 Å². The molecule has 0 spiro atoms. The number of carbonyl (C=O) groups excluding carboxylic acids is 3. The Morgan fingerprint density at radius 1 is 1.00 bits per heavy atom. The molecular formula is C32H33N5O4S. The Morgan fingerprint density at radius 3 is 2.45 bits per heavy atom. The number of benzene rings is 3. The number of amides is 3. The molecule has 0 fully saturated rings. The highest BCUT2D eigenvalue weighted by Crippen LogP contribution is 2.34. The third-order valence-corrected chi connectivity index (χ3v) is 7.97. The van der Waals surface area contributed by atoms with Crippen LogP contribution in [0.4, 0.5) is 11.4 Å². The van der Waals surface area contributed by atoms with Gasteiger partial charge >= 0.3 is 0 Å². The van der Waals surface area contributed by atoms with Crippen LogP contribution < -0.4 is 15.4 Å². The van der Waals surface area contributed by atoms with E-state index in [-0.39, 0.29) is 36.3 Å². The lowest BCUT2D eigenvalue weighted by atomic mass is 10.0. The molecule has 0 unspecified atom stereocenters. The van der Waals surface area contributed by atoms with Gasteiger partial charge in [0.15, 0.2) is 5.17 Å². The molecule has 0 saturated carbocycles. The van der Waals surface area contributed by atoms with Crippen molar-refractivity contribution >= 4 is 51.9 Å². The van der Waals surface area contributed by atoms with E-state index >= 15 is 0 Å². The number of hydrogen-bond acceptors (Lipinski definition) is 7. The van der Waals surface area contributed by atoms with Crippen molar-refractivity contribution in [1.82, 2.24) is 10.2 Å². The number of aliphatic imine (C=N–C) groups is 2. The van der Waals surface area contributed by atoms with Gasteiger partial charge in [-0.25, -0.2) is 9.89 Å². The molecule has 2 aliphatic rings. The number of rotatable bonds is 10. The van der Waals surface area contributed by atoms with Gasteiger partial charge in [0, 0.05) is 24.2 Å². The summed E-state index contributed by atoms with van der Waals surface area (Å²) in [6, 6.07) is 22.0. The maximum Gasteiger partial charge on any atom is 0.259 e. The van der Waals surface area contributed by atoms with Crippen LogP contribution in [0, 0.1) is 0 Å². The zero-order valence-electron chi connectivity index (χ0n) is 23.8. The lowest BCUT2D eigenvalue weighted by Gasteiger charge is -2.25. The summed E-state index contributed by atoms with van der Waals surface area (Å²) in [6.45, 7) is 4.62. The molecule has 0 bridgehead atoms. The van der Waals surface area contributed by atoms with Gasteiger partial charge in [-0.1, -0.05) is 62.0 Å². The number of nitrogens with one attached hydrogen (secondary N) is 2.